The van der Waals surface area contributed by atoms with Crippen LogP contribution in [0.2, 0.25) is 0 Å². The molecular weight excluding hydrogens is 234 g/mol. The van der Waals surface area contributed by atoms with Crippen LogP contribution in [-0.2, 0) is 17.6 Å². The van der Waals surface area contributed by atoms with Gasteiger partial charge in [-0.25, -0.2) is 4.98 Å². The van der Waals surface area contributed by atoms with Gasteiger partial charge in [0.25, 0.3) is 0 Å². The van der Waals surface area contributed by atoms with Gasteiger partial charge in [-0.3, -0.25) is 4.79 Å². The van der Waals surface area contributed by atoms with Gasteiger partial charge in [0.1, 0.15) is 12.2 Å². The Hall–Kier alpha value is -1.40. The van der Waals surface area contributed by atoms with Crippen LogP contribution in [0.15, 0.2) is 10.6 Å². The highest BCUT2D eigenvalue weighted by Crippen LogP contribution is 2.07. The van der Waals surface area contributed by atoms with Crippen molar-refractivity contribution in [2.45, 2.75) is 12.8 Å². The highest BCUT2D eigenvalue weighted by atomic mass is 16.4. The molecule has 0 aromatic carbocycles. The molecule has 1 fully saturated rings. The van der Waals surface area contributed by atoms with E-state index in [1.54, 1.807) is 0 Å². The molecule has 6 nitrogen and oxygen atoms in total. The van der Waals surface area contributed by atoms with E-state index in [0.29, 0.717) is 11.7 Å². The van der Waals surface area contributed by atoms with E-state index in [-0.39, 0.29) is 6.42 Å². The first kappa shape index (κ1) is 13.0. The average Bonchev–Trinajstić information content (AvgIpc) is 2.75. The molecule has 0 bridgehead atoms. The Bertz CT molecular complexity index is 397. The van der Waals surface area contributed by atoms with Crippen molar-refractivity contribution in [3.63, 3.8) is 0 Å². The Morgan fingerprint density at radius 1 is 1.44 bits per heavy atom. The minimum atomic E-state index is -0.892. The van der Waals surface area contributed by atoms with Crippen molar-refractivity contribution in [3.8, 4) is 0 Å². The molecule has 1 aliphatic heterocycles. The molecule has 2 heterocycles. The van der Waals surface area contributed by atoms with Crippen LogP contribution in [0, 0.1) is 0 Å². The van der Waals surface area contributed by atoms with Gasteiger partial charge >= 0.3 is 5.97 Å². The van der Waals surface area contributed by atoms with E-state index >= 15 is 0 Å². The first-order valence-corrected chi connectivity index (χ1v) is 6.20. The first-order chi connectivity index (χ1) is 8.63. The van der Waals surface area contributed by atoms with Crippen LogP contribution >= 0.6 is 0 Å². The monoisotopic (exact) mass is 253 g/mol. The van der Waals surface area contributed by atoms with Crippen molar-refractivity contribution in [2.75, 3.05) is 39.8 Å². The third kappa shape index (κ3) is 3.82. The van der Waals surface area contributed by atoms with Crippen LogP contribution in [-0.4, -0.2) is 65.6 Å². The zero-order chi connectivity index (χ0) is 13.0. The molecule has 1 aromatic rings. The predicted octanol–water partition coefficient (Wildman–Crippen LogP) is 0.0916. The highest BCUT2D eigenvalue weighted by molar-refractivity contribution is 5.69. The van der Waals surface area contributed by atoms with Crippen LogP contribution in [0.4, 0.5) is 0 Å². The van der Waals surface area contributed by atoms with E-state index in [0.717, 1.165) is 39.1 Å². The number of piperazine rings is 1. The second-order valence-electron chi connectivity index (χ2n) is 4.69. The van der Waals surface area contributed by atoms with E-state index in [1.807, 2.05) is 0 Å². The molecule has 1 aromatic heterocycles. The minimum absolute atomic E-state index is 0.0957. The lowest BCUT2D eigenvalue weighted by Gasteiger charge is -2.31. The number of carbonyl (C=O) groups is 1. The molecular formula is C12H19N3O3. The quantitative estimate of drug-likeness (QED) is 0.802. The summed E-state index contributed by atoms with van der Waals surface area (Å²) >= 11 is 0. The summed E-state index contributed by atoms with van der Waals surface area (Å²) in [4.78, 5) is 19.3. The molecule has 0 saturated carbocycles. The van der Waals surface area contributed by atoms with Gasteiger partial charge in [0.2, 0.25) is 0 Å². The third-order valence-corrected chi connectivity index (χ3v) is 3.16. The molecule has 1 saturated heterocycles. The third-order valence-electron chi connectivity index (χ3n) is 3.16. The van der Waals surface area contributed by atoms with E-state index in [2.05, 4.69) is 21.8 Å². The number of hydrogen-bond acceptors (Lipinski definition) is 5. The Balaban J connectivity index is 1.76. The van der Waals surface area contributed by atoms with Crippen molar-refractivity contribution in [1.29, 1.82) is 0 Å². The Morgan fingerprint density at radius 3 is 2.83 bits per heavy atom. The summed E-state index contributed by atoms with van der Waals surface area (Å²) < 4.78 is 5.38. The lowest BCUT2D eigenvalue weighted by atomic mass is 10.3. The van der Waals surface area contributed by atoms with Crippen LogP contribution in [0.1, 0.15) is 11.7 Å². The first-order valence-electron chi connectivity index (χ1n) is 6.20. The van der Waals surface area contributed by atoms with Crippen molar-refractivity contribution in [1.82, 2.24) is 14.8 Å². The average molecular weight is 253 g/mol. The van der Waals surface area contributed by atoms with Crippen LogP contribution in [0.25, 0.3) is 0 Å². The fourth-order valence-corrected chi connectivity index (χ4v) is 2.02. The summed E-state index contributed by atoms with van der Waals surface area (Å²) in [5.41, 5.74) is 0. The van der Waals surface area contributed by atoms with E-state index in [9.17, 15) is 4.79 Å². The van der Waals surface area contributed by atoms with Gasteiger partial charge in [0.05, 0.1) is 6.20 Å². The molecule has 100 valence electrons. The SMILES string of the molecule is CN1CCN(CCc2ncc(CC(=O)O)o2)CC1. The number of nitrogens with zero attached hydrogens (tertiary/aromatic N) is 3. The maximum absolute atomic E-state index is 10.5. The molecule has 0 unspecified atom stereocenters. The van der Waals surface area contributed by atoms with Gasteiger partial charge in [-0.15, -0.1) is 0 Å². The molecule has 6 heteroatoms. The van der Waals surface area contributed by atoms with Gasteiger partial charge < -0.3 is 19.3 Å². The summed E-state index contributed by atoms with van der Waals surface area (Å²) in [5, 5.41) is 8.63. The number of carboxylic acid groups (broad SMARTS) is 1. The Labute approximate surface area is 106 Å². The van der Waals surface area contributed by atoms with Crippen molar-refractivity contribution < 1.29 is 14.3 Å². The molecule has 0 aliphatic carbocycles. The zero-order valence-corrected chi connectivity index (χ0v) is 10.6. The topological polar surface area (TPSA) is 69.8 Å². The van der Waals surface area contributed by atoms with E-state index in [1.165, 1.54) is 6.20 Å². The Morgan fingerprint density at radius 2 is 2.17 bits per heavy atom. The van der Waals surface area contributed by atoms with Gasteiger partial charge in [0.15, 0.2) is 5.89 Å². The summed E-state index contributed by atoms with van der Waals surface area (Å²) in [6, 6.07) is 0. The summed E-state index contributed by atoms with van der Waals surface area (Å²) in [5.74, 6) is 0.165. The van der Waals surface area contributed by atoms with Gasteiger partial charge in [-0.2, -0.15) is 0 Å². The van der Waals surface area contributed by atoms with Crippen LogP contribution in [0.3, 0.4) is 0 Å². The number of likely N-dealkylation sites (N-methyl/N-ethyl adjacent to an activating group) is 1. The highest BCUT2D eigenvalue weighted by Gasteiger charge is 2.14. The molecule has 1 N–H and O–H groups in total. The fourth-order valence-electron chi connectivity index (χ4n) is 2.02. The maximum atomic E-state index is 10.5. The van der Waals surface area contributed by atoms with Crippen molar-refractivity contribution >= 4 is 5.97 Å². The lowest BCUT2D eigenvalue weighted by molar-refractivity contribution is -0.136. The Kier molecular flexibility index (Phi) is 4.33. The fraction of sp³-hybridized carbons (Fsp3) is 0.667. The van der Waals surface area contributed by atoms with Crippen molar-refractivity contribution in [3.05, 3.63) is 17.8 Å². The smallest absolute Gasteiger partial charge is 0.311 e. The predicted molar refractivity (Wildman–Crippen MR) is 65.5 cm³/mol. The van der Waals surface area contributed by atoms with E-state index < -0.39 is 5.97 Å². The summed E-state index contributed by atoms with van der Waals surface area (Å²) in [6.07, 6.45) is 2.15. The van der Waals surface area contributed by atoms with Gasteiger partial charge in [-0.05, 0) is 7.05 Å². The number of aliphatic carboxylic acids is 1. The molecule has 0 atom stereocenters. The molecule has 0 amide bonds. The van der Waals surface area contributed by atoms with Crippen LogP contribution < -0.4 is 0 Å². The molecule has 0 radical (unpaired) electrons. The van der Waals surface area contributed by atoms with Gasteiger partial charge in [0, 0.05) is 39.1 Å². The summed E-state index contributed by atoms with van der Waals surface area (Å²) in [6.45, 7) is 5.24. The second-order valence-corrected chi connectivity index (χ2v) is 4.69. The zero-order valence-electron chi connectivity index (χ0n) is 10.6. The molecule has 1 aliphatic rings. The molecule has 18 heavy (non-hydrogen) atoms. The second kappa shape index (κ2) is 5.97. The van der Waals surface area contributed by atoms with Gasteiger partial charge in [-0.1, -0.05) is 0 Å². The minimum Gasteiger partial charge on any atom is -0.481 e. The number of aromatic nitrogens is 1. The van der Waals surface area contributed by atoms with Crippen molar-refractivity contribution in [2.24, 2.45) is 0 Å². The lowest BCUT2D eigenvalue weighted by Crippen LogP contribution is -2.45. The number of hydrogen-bond donors (Lipinski definition) is 1. The van der Waals surface area contributed by atoms with E-state index in [4.69, 9.17) is 9.52 Å². The largest absolute Gasteiger partial charge is 0.481 e. The maximum Gasteiger partial charge on any atom is 0.311 e. The molecule has 2 rings (SSSR count). The number of rotatable bonds is 5. The number of oxazole rings is 1. The van der Waals surface area contributed by atoms with Crippen LogP contribution in [0.5, 0.6) is 0 Å². The standard InChI is InChI=1S/C12H19N3O3/c1-14-4-6-15(7-5-14)3-2-11-13-9-10(18-11)8-12(16)17/h9H,2-8H2,1H3,(H,16,17). The molecule has 0 spiro atoms. The normalized spacial score (nSPS) is 18.1. The summed E-state index contributed by atoms with van der Waals surface area (Å²) in [7, 11) is 2.13. The number of carboxylic acids is 1.